The van der Waals surface area contributed by atoms with Crippen LogP contribution < -0.4 is 10.6 Å². The molecule has 0 atom stereocenters. The highest BCUT2D eigenvalue weighted by molar-refractivity contribution is 7.80. The average Bonchev–Trinajstić information content (AvgIpc) is 2.45. The van der Waals surface area contributed by atoms with Gasteiger partial charge in [-0.1, -0.05) is 31.3 Å². The van der Waals surface area contributed by atoms with Crippen molar-refractivity contribution < 1.29 is 0 Å². The SMILES string of the molecule is CCc1cc(N(C)c2ccccc2C(N)=S)nc(C)n1. The quantitative estimate of drug-likeness (QED) is 0.876. The van der Waals surface area contributed by atoms with Crippen molar-refractivity contribution in [1.82, 2.24) is 9.97 Å². The maximum absolute atomic E-state index is 5.79. The molecule has 104 valence electrons. The van der Waals surface area contributed by atoms with E-state index in [0.29, 0.717) is 4.99 Å². The van der Waals surface area contributed by atoms with Gasteiger partial charge in [0.15, 0.2) is 0 Å². The Bertz CT molecular complexity index is 640. The maximum Gasteiger partial charge on any atom is 0.136 e. The summed E-state index contributed by atoms with van der Waals surface area (Å²) < 4.78 is 0. The summed E-state index contributed by atoms with van der Waals surface area (Å²) in [6.45, 7) is 3.98. The van der Waals surface area contributed by atoms with E-state index in [1.807, 2.05) is 49.2 Å². The van der Waals surface area contributed by atoms with Crippen molar-refractivity contribution in [2.75, 3.05) is 11.9 Å². The number of thiocarbonyl (C=S) groups is 1. The van der Waals surface area contributed by atoms with Crippen LogP contribution in [0.4, 0.5) is 11.5 Å². The van der Waals surface area contributed by atoms with Crippen molar-refractivity contribution in [3.63, 3.8) is 0 Å². The first-order chi connectivity index (χ1) is 9.52. The molecule has 0 saturated carbocycles. The van der Waals surface area contributed by atoms with Crippen molar-refractivity contribution in [3.05, 3.63) is 47.4 Å². The van der Waals surface area contributed by atoms with Crippen LogP contribution in [0.3, 0.4) is 0 Å². The standard InChI is InChI=1S/C15H18N4S/c1-4-11-9-14(18-10(2)17-11)19(3)13-8-6-5-7-12(13)15(16)20/h5-9H,4H2,1-3H3,(H2,16,20). The Balaban J connectivity index is 2.48. The molecule has 0 amide bonds. The van der Waals surface area contributed by atoms with E-state index in [9.17, 15) is 0 Å². The van der Waals surface area contributed by atoms with Crippen LogP contribution in [0.1, 0.15) is 24.0 Å². The Hall–Kier alpha value is -2.01. The molecule has 4 nitrogen and oxygen atoms in total. The minimum Gasteiger partial charge on any atom is -0.389 e. The number of hydrogen-bond acceptors (Lipinski definition) is 4. The topological polar surface area (TPSA) is 55.0 Å². The summed E-state index contributed by atoms with van der Waals surface area (Å²) in [5.74, 6) is 1.61. The molecule has 2 rings (SSSR count). The molecule has 1 aromatic heterocycles. The lowest BCUT2D eigenvalue weighted by molar-refractivity contribution is 0.934. The minimum absolute atomic E-state index is 0.383. The third-order valence-corrected chi connectivity index (χ3v) is 3.33. The number of para-hydroxylation sites is 1. The smallest absolute Gasteiger partial charge is 0.136 e. The van der Waals surface area contributed by atoms with E-state index in [4.69, 9.17) is 18.0 Å². The molecular formula is C15H18N4S. The first-order valence-corrected chi connectivity index (χ1v) is 6.91. The van der Waals surface area contributed by atoms with Gasteiger partial charge in [0.05, 0.1) is 5.69 Å². The van der Waals surface area contributed by atoms with Crippen LogP contribution in [0.2, 0.25) is 0 Å². The van der Waals surface area contributed by atoms with Gasteiger partial charge in [0, 0.05) is 24.4 Å². The van der Waals surface area contributed by atoms with Crippen molar-refractivity contribution in [2.45, 2.75) is 20.3 Å². The molecular weight excluding hydrogens is 268 g/mol. The van der Waals surface area contributed by atoms with Crippen LogP contribution in [0.5, 0.6) is 0 Å². The van der Waals surface area contributed by atoms with Gasteiger partial charge in [-0.15, -0.1) is 0 Å². The summed E-state index contributed by atoms with van der Waals surface area (Å²) in [6.07, 6.45) is 0.876. The Labute approximate surface area is 124 Å². The molecule has 0 aliphatic carbocycles. The number of aryl methyl sites for hydroxylation is 2. The number of anilines is 2. The van der Waals surface area contributed by atoms with Crippen molar-refractivity contribution in [2.24, 2.45) is 5.73 Å². The molecule has 0 saturated heterocycles. The Morgan fingerprint density at radius 3 is 2.65 bits per heavy atom. The fraction of sp³-hybridized carbons (Fsp3) is 0.267. The predicted octanol–water partition coefficient (Wildman–Crippen LogP) is 2.75. The number of benzene rings is 1. The lowest BCUT2D eigenvalue weighted by Crippen LogP contribution is -2.19. The predicted molar refractivity (Wildman–Crippen MR) is 86.5 cm³/mol. The fourth-order valence-corrected chi connectivity index (χ4v) is 2.24. The van der Waals surface area contributed by atoms with Crippen LogP contribution in [-0.4, -0.2) is 22.0 Å². The molecule has 0 radical (unpaired) electrons. The largest absolute Gasteiger partial charge is 0.389 e. The molecule has 2 N–H and O–H groups in total. The number of nitrogens with zero attached hydrogens (tertiary/aromatic N) is 3. The summed E-state index contributed by atoms with van der Waals surface area (Å²) in [6, 6.07) is 9.78. The van der Waals surface area contributed by atoms with E-state index in [1.54, 1.807) is 0 Å². The molecule has 1 aromatic carbocycles. The van der Waals surface area contributed by atoms with Crippen molar-refractivity contribution in [1.29, 1.82) is 0 Å². The van der Waals surface area contributed by atoms with Gasteiger partial charge in [-0.3, -0.25) is 0 Å². The third-order valence-electron chi connectivity index (χ3n) is 3.11. The summed E-state index contributed by atoms with van der Waals surface area (Å²) in [7, 11) is 1.96. The molecule has 0 bridgehead atoms. The third kappa shape index (κ3) is 2.93. The van der Waals surface area contributed by atoms with Gasteiger partial charge < -0.3 is 10.6 Å². The minimum atomic E-state index is 0.383. The lowest BCUT2D eigenvalue weighted by Gasteiger charge is -2.22. The normalized spacial score (nSPS) is 10.3. The Morgan fingerprint density at radius 1 is 1.30 bits per heavy atom. The second-order valence-electron chi connectivity index (χ2n) is 4.56. The monoisotopic (exact) mass is 286 g/mol. The highest BCUT2D eigenvalue weighted by atomic mass is 32.1. The number of hydrogen-bond donors (Lipinski definition) is 1. The molecule has 0 unspecified atom stereocenters. The van der Waals surface area contributed by atoms with Crippen LogP contribution in [0.15, 0.2) is 30.3 Å². The van der Waals surface area contributed by atoms with E-state index in [0.717, 1.165) is 35.0 Å². The highest BCUT2D eigenvalue weighted by Crippen LogP contribution is 2.26. The van der Waals surface area contributed by atoms with Gasteiger partial charge in [-0.05, 0) is 25.5 Å². The van der Waals surface area contributed by atoms with E-state index >= 15 is 0 Å². The average molecular weight is 286 g/mol. The molecule has 20 heavy (non-hydrogen) atoms. The van der Waals surface area contributed by atoms with Gasteiger partial charge in [-0.25, -0.2) is 9.97 Å². The maximum atomic E-state index is 5.79. The van der Waals surface area contributed by atoms with Crippen LogP contribution in [0.25, 0.3) is 0 Å². The second kappa shape index (κ2) is 5.96. The summed E-state index contributed by atoms with van der Waals surface area (Å²) >= 11 is 5.11. The highest BCUT2D eigenvalue weighted by Gasteiger charge is 2.12. The van der Waals surface area contributed by atoms with Gasteiger partial charge in [0.1, 0.15) is 16.6 Å². The van der Waals surface area contributed by atoms with Crippen LogP contribution >= 0.6 is 12.2 Å². The molecule has 1 heterocycles. The fourth-order valence-electron chi connectivity index (χ4n) is 2.06. The van der Waals surface area contributed by atoms with Gasteiger partial charge in [0.25, 0.3) is 0 Å². The second-order valence-corrected chi connectivity index (χ2v) is 5.00. The van der Waals surface area contributed by atoms with Gasteiger partial charge >= 0.3 is 0 Å². The van der Waals surface area contributed by atoms with Crippen molar-refractivity contribution in [3.8, 4) is 0 Å². The summed E-state index contributed by atoms with van der Waals surface area (Å²) in [5, 5.41) is 0. The van der Waals surface area contributed by atoms with E-state index in [-0.39, 0.29) is 0 Å². The molecule has 0 aliphatic rings. The van der Waals surface area contributed by atoms with E-state index in [1.165, 1.54) is 0 Å². The van der Waals surface area contributed by atoms with E-state index < -0.39 is 0 Å². The molecule has 0 aliphatic heterocycles. The van der Waals surface area contributed by atoms with Gasteiger partial charge in [-0.2, -0.15) is 0 Å². The Kier molecular flexibility index (Phi) is 4.29. The van der Waals surface area contributed by atoms with E-state index in [2.05, 4.69) is 16.9 Å². The number of rotatable bonds is 4. The number of nitrogens with two attached hydrogens (primary N) is 1. The molecule has 2 aromatic rings. The van der Waals surface area contributed by atoms with Gasteiger partial charge in [0.2, 0.25) is 0 Å². The van der Waals surface area contributed by atoms with Crippen molar-refractivity contribution >= 4 is 28.7 Å². The molecule has 0 fully saturated rings. The zero-order valence-corrected chi connectivity index (χ0v) is 12.7. The lowest BCUT2D eigenvalue weighted by atomic mass is 10.1. The molecule has 0 spiro atoms. The number of aromatic nitrogens is 2. The summed E-state index contributed by atoms with van der Waals surface area (Å²) in [4.78, 5) is 11.3. The summed E-state index contributed by atoms with van der Waals surface area (Å²) in [5.41, 5.74) is 8.60. The molecule has 5 heteroatoms. The zero-order chi connectivity index (χ0) is 14.7. The van der Waals surface area contributed by atoms with Crippen LogP contribution in [0, 0.1) is 6.92 Å². The first kappa shape index (κ1) is 14.4. The zero-order valence-electron chi connectivity index (χ0n) is 11.9. The first-order valence-electron chi connectivity index (χ1n) is 6.50. The Morgan fingerprint density at radius 2 is 2.00 bits per heavy atom. The van der Waals surface area contributed by atoms with Crippen LogP contribution in [-0.2, 0) is 6.42 Å².